The fourth-order valence-corrected chi connectivity index (χ4v) is 4.43. The van der Waals surface area contributed by atoms with Crippen LogP contribution in [-0.2, 0) is 29.1 Å². The number of aryl methyl sites for hydroxylation is 1. The van der Waals surface area contributed by atoms with E-state index in [1.807, 2.05) is 42.7 Å². The number of aromatic nitrogens is 3. The molecular weight excluding hydrogens is 386 g/mol. The summed E-state index contributed by atoms with van der Waals surface area (Å²) in [6.45, 7) is 1.69. The van der Waals surface area contributed by atoms with Crippen molar-refractivity contribution in [3.63, 3.8) is 0 Å². The van der Waals surface area contributed by atoms with Crippen molar-refractivity contribution in [3.8, 4) is 10.6 Å². The lowest BCUT2D eigenvalue weighted by Crippen LogP contribution is -2.43. The molecule has 1 N–H and O–H groups in total. The Labute approximate surface area is 173 Å². The summed E-state index contributed by atoms with van der Waals surface area (Å²) >= 11 is 1.51. The quantitative estimate of drug-likeness (QED) is 0.656. The monoisotopic (exact) mass is 409 g/mol. The number of rotatable bonds is 5. The van der Waals surface area contributed by atoms with Gasteiger partial charge in [0.2, 0.25) is 0 Å². The van der Waals surface area contributed by atoms with Crippen molar-refractivity contribution in [1.82, 2.24) is 24.8 Å². The van der Waals surface area contributed by atoms with Gasteiger partial charge in [-0.2, -0.15) is 0 Å². The normalized spacial score (nSPS) is 15.6. The second kappa shape index (κ2) is 8.57. The first-order valence-corrected chi connectivity index (χ1v) is 10.4. The largest absolute Gasteiger partial charge is 0.343 e. The first-order valence-electron chi connectivity index (χ1n) is 9.63. The van der Waals surface area contributed by atoms with E-state index in [4.69, 9.17) is 0 Å². The molecule has 0 aliphatic carbocycles. The predicted molar refractivity (Wildman–Crippen MR) is 111 cm³/mol. The molecule has 3 heterocycles. The molecule has 3 aromatic rings. The summed E-state index contributed by atoms with van der Waals surface area (Å²) in [4.78, 5) is 35.9. The summed E-state index contributed by atoms with van der Waals surface area (Å²) in [5.74, 6) is 0.330. The number of imidazole rings is 1. The van der Waals surface area contributed by atoms with Crippen molar-refractivity contribution in [2.24, 2.45) is 5.92 Å². The maximum absolute atomic E-state index is 12.4. The highest BCUT2D eigenvalue weighted by Crippen LogP contribution is 2.24. The van der Waals surface area contributed by atoms with Crippen LogP contribution in [0.5, 0.6) is 0 Å². The number of hydrogen-bond acceptors (Lipinski definition) is 5. The van der Waals surface area contributed by atoms with Crippen molar-refractivity contribution in [1.29, 1.82) is 0 Å². The predicted octanol–water partition coefficient (Wildman–Crippen LogP) is 2.34. The summed E-state index contributed by atoms with van der Waals surface area (Å²) in [5, 5.41) is 3.62. The highest BCUT2D eigenvalue weighted by atomic mass is 32.1. The highest BCUT2D eigenvalue weighted by Gasteiger charge is 2.24. The maximum atomic E-state index is 12.4. The number of likely N-dealkylation sites (N-methyl/N-ethyl adjacent to an activating group) is 1. The summed E-state index contributed by atoms with van der Waals surface area (Å²) in [7, 11) is 1.69. The SMILES string of the molecule is CN(CC1CCc2nccn2C1)C(=O)C(=O)NCc1cnc(-c2ccccc2)s1. The van der Waals surface area contributed by atoms with Crippen LogP contribution in [0.2, 0.25) is 0 Å². The van der Waals surface area contributed by atoms with Gasteiger partial charge in [-0.1, -0.05) is 30.3 Å². The minimum atomic E-state index is -0.582. The molecule has 7 nitrogen and oxygen atoms in total. The molecule has 1 aromatic carbocycles. The average Bonchev–Trinajstić information content (AvgIpc) is 3.41. The highest BCUT2D eigenvalue weighted by molar-refractivity contribution is 7.15. The molecule has 2 aromatic heterocycles. The summed E-state index contributed by atoms with van der Waals surface area (Å²) in [6.07, 6.45) is 7.39. The Bertz CT molecular complexity index is 997. The van der Waals surface area contributed by atoms with Gasteiger partial charge in [0.1, 0.15) is 10.8 Å². The van der Waals surface area contributed by atoms with Crippen molar-refractivity contribution in [2.45, 2.75) is 25.9 Å². The standard InChI is InChI=1S/C21H23N5O2S/c1-25(13-15-7-8-18-22-9-10-26(18)14-15)21(28)19(27)23-11-17-12-24-20(29-17)16-5-3-2-4-6-16/h2-6,9-10,12,15H,7-8,11,13-14H2,1H3,(H,23,27). The number of hydrogen-bond donors (Lipinski definition) is 1. The van der Waals surface area contributed by atoms with E-state index in [1.54, 1.807) is 13.2 Å². The van der Waals surface area contributed by atoms with Gasteiger partial charge >= 0.3 is 11.8 Å². The van der Waals surface area contributed by atoms with Gasteiger partial charge in [-0.05, 0) is 12.3 Å². The summed E-state index contributed by atoms with van der Waals surface area (Å²) in [5.41, 5.74) is 1.04. The minimum absolute atomic E-state index is 0.296. The van der Waals surface area contributed by atoms with E-state index in [0.29, 0.717) is 19.0 Å². The molecule has 1 atom stereocenters. The molecule has 8 heteroatoms. The molecule has 0 spiro atoms. The Morgan fingerprint density at radius 1 is 1.28 bits per heavy atom. The Morgan fingerprint density at radius 2 is 2.10 bits per heavy atom. The lowest BCUT2D eigenvalue weighted by atomic mass is 9.99. The number of carbonyl (C=O) groups excluding carboxylic acids is 2. The maximum Gasteiger partial charge on any atom is 0.311 e. The zero-order chi connectivity index (χ0) is 20.2. The molecule has 0 bridgehead atoms. The van der Waals surface area contributed by atoms with E-state index in [2.05, 4.69) is 19.9 Å². The Morgan fingerprint density at radius 3 is 2.93 bits per heavy atom. The van der Waals surface area contributed by atoms with Crippen LogP contribution >= 0.6 is 11.3 Å². The number of nitrogens with one attached hydrogen (secondary N) is 1. The van der Waals surface area contributed by atoms with Crippen LogP contribution in [0.15, 0.2) is 48.9 Å². The lowest BCUT2D eigenvalue weighted by Gasteiger charge is -2.27. The number of amides is 2. The third-order valence-electron chi connectivity index (χ3n) is 5.10. The van der Waals surface area contributed by atoms with Crippen molar-refractivity contribution in [3.05, 3.63) is 59.6 Å². The van der Waals surface area contributed by atoms with Crippen molar-refractivity contribution >= 4 is 23.2 Å². The third-order valence-corrected chi connectivity index (χ3v) is 6.15. The van der Waals surface area contributed by atoms with Gasteiger partial charge in [0.25, 0.3) is 0 Å². The van der Waals surface area contributed by atoms with E-state index >= 15 is 0 Å². The number of thiazole rings is 1. The number of fused-ring (bicyclic) bond motifs is 1. The van der Waals surface area contributed by atoms with Crippen LogP contribution in [0.3, 0.4) is 0 Å². The van der Waals surface area contributed by atoms with Crippen molar-refractivity contribution in [2.75, 3.05) is 13.6 Å². The fraction of sp³-hybridized carbons (Fsp3) is 0.333. The van der Waals surface area contributed by atoms with Crippen LogP contribution in [-0.4, -0.2) is 44.8 Å². The Kier molecular flexibility index (Phi) is 5.71. The summed E-state index contributed by atoms with van der Waals surface area (Å²) in [6, 6.07) is 9.89. The third kappa shape index (κ3) is 4.54. The number of nitrogens with zero attached hydrogens (tertiary/aromatic N) is 4. The number of carbonyl (C=O) groups is 2. The minimum Gasteiger partial charge on any atom is -0.343 e. The zero-order valence-electron chi connectivity index (χ0n) is 16.2. The fourth-order valence-electron chi connectivity index (χ4n) is 3.58. The molecular formula is C21H23N5O2S. The van der Waals surface area contributed by atoms with Gasteiger partial charge < -0.3 is 14.8 Å². The van der Waals surface area contributed by atoms with Crippen LogP contribution < -0.4 is 5.32 Å². The molecule has 0 radical (unpaired) electrons. The van der Waals surface area contributed by atoms with Crippen LogP contribution in [0.4, 0.5) is 0 Å². The molecule has 1 unspecified atom stereocenters. The van der Waals surface area contributed by atoms with E-state index in [0.717, 1.165) is 40.7 Å². The Balaban J connectivity index is 1.27. The Hall–Kier alpha value is -3.00. The van der Waals surface area contributed by atoms with E-state index in [9.17, 15) is 9.59 Å². The van der Waals surface area contributed by atoms with E-state index in [-0.39, 0.29) is 0 Å². The van der Waals surface area contributed by atoms with Gasteiger partial charge in [-0.25, -0.2) is 9.97 Å². The molecule has 0 fully saturated rings. The topological polar surface area (TPSA) is 80.1 Å². The van der Waals surface area contributed by atoms with Gasteiger partial charge in [-0.3, -0.25) is 9.59 Å². The van der Waals surface area contributed by atoms with Gasteiger partial charge in [0, 0.05) is 55.6 Å². The molecule has 0 saturated heterocycles. The smallest absolute Gasteiger partial charge is 0.311 e. The molecule has 2 amide bonds. The van der Waals surface area contributed by atoms with E-state index in [1.165, 1.54) is 16.2 Å². The van der Waals surface area contributed by atoms with Crippen LogP contribution in [0.25, 0.3) is 10.6 Å². The lowest BCUT2D eigenvalue weighted by molar-refractivity contribution is -0.145. The molecule has 1 aliphatic rings. The van der Waals surface area contributed by atoms with Gasteiger partial charge in [-0.15, -0.1) is 11.3 Å². The molecule has 29 heavy (non-hydrogen) atoms. The van der Waals surface area contributed by atoms with Crippen molar-refractivity contribution < 1.29 is 9.59 Å². The number of benzene rings is 1. The van der Waals surface area contributed by atoms with Crippen LogP contribution in [0.1, 0.15) is 17.1 Å². The van der Waals surface area contributed by atoms with Gasteiger partial charge in [0.05, 0.1) is 6.54 Å². The van der Waals surface area contributed by atoms with E-state index < -0.39 is 11.8 Å². The van der Waals surface area contributed by atoms with Gasteiger partial charge in [0.15, 0.2) is 0 Å². The first-order chi connectivity index (χ1) is 14.1. The molecule has 1 aliphatic heterocycles. The second-order valence-electron chi connectivity index (χ2n) is 7.27. The summed E-state index contributed by atoms with van der Waals surface area (Å²) < 4.78 is 2.13. The van der Waals surface area contributed by atoms with Crippen LogP contribution in [0, 0.1) is 5.92 Å². The molecule has 0 saturated carbocycles. The molecule has 150 valence electrons. The molecule has 4 rings (SSSR count). The second-order valence-corrected chi connectivity index (χ2v) is 8.38. The average molecular weight is 410 g/mol. The first kappa shape index (κ1) is 19.3. The zero-order valence-corrected chi connectivity index (χ0v) is 17.1.